The number of rotatable bonds is 6. The average molecular weight is 500 g/mol. The molecule has 4 aromatic rings. The van der Waals surface area contributed by atoms with E-state index in [-0.39, 0.29) is 18.4 Å². The molecule has 1 aliphatic rings. The second-order valence-corrected chi connectivity index (χ2v) is 9.62. The van der Waals surface area contributed by atoms with Gasteiger partial charge in [0.05, 0.1) is 18.1 Å². The van der Waals surface area contributed by atoms with Crippen molar-refractivity contribution in [2.24, 2.45) is 0 Å². The van der Waals surface area contributed by atoms with Crippen molar-refractivity contribution in [2.75, 3.05) is 6.79 Å². The third kappa shape index (κ3) is 4.93. The summed E-state index contributed by atoms with van der Waals surface area (Å²) in [7, 11) is 0. The Morgan fingerprint density at radius 2 is 1.75 bits per heavy atom. The van der Waals surface area contributed by atoms with Gasteiger partial charge in [-0.25, -0.2) is 0 Å². The van der Waals surface area contributed by atoms with Crippen LogP contribution in [0.4, 0.5) is 0 Å². The molecule has 0 aliphatic carbocycles. The average Bonchev–Trinajstić information content (AvgIpc) is 3.35. The number of fused-ring (bicyclic) bond motifs is 2. The molecule has 0 fully saturated rings. The van der Waals surface area contributed by atoms with Crippen LogP contribution in [0.15, 0.2) is 71.5 Å². The van der Waals surface area contributed by atoms with Gasteiger partial charge in [0.1, 0.15) is 0 Å². The van der Waals surface area contributed by atoms with Crippen molar-refractivity contribution in [3.63, 3.8) is 0 Å². The number of aromatic nitrogens is 1. The van der Waals surface area contributed by atoms with Crippen molar-refractivity contribution in [1.29, 1.82) is 0 Å². The monoisotopic (exact) mass is 499 g/mol. The third-order valence-electron chi connectivity index (χ3n) is 6.62. The van der Waals surface area contributed by atoms with Gasteiger partial charge in [-0.3, -0.25) is 4.79 Å². The Hall–Kier alpha value is -3.84. The van der Waals surface area contributed by atoms with E-state index in [4.69, 9.17) is 21.7 Å². The third-order valence-corrected chi connectivity index (χ3v) is 7.00. The van der Waals surface area contributed by atoms with Crippen molar-refractivity contribution in [3.8, 4) is 11.5 Å². The lowest BCUT2D eigenvalue weighted by Gasteiger charge is -2.28. The number of pyridine rings is 1. The summed E-state index contributed by atoms with van der Waals surface area (Å²) in [6.07, 6.45) is 0. The molecule has 1 aliphatic heterocycles. The largest absolute Gasteiger partial charge is 0.454 e. The summed E-state index contributed by atoms with van der Waals surface area (Å²) in [5, 5.41) is 5.07. The lowest BCUT2D eigenvalue weighted by Crippen LogP contribution is -2.41. The Morgan fingerprint density at radius 1 is 1.00 bits per heavy atom. The Bertz CT molecular complexity index is 1480. The van der Waals surface area contributed by atoms with Crippen LogP contribution in [0.5, 0.6) is 11.5 Å². The lowest BCUT2D eigenvalue weighted by atomic mass is 10.0. The molecule has 1 atom stereocenters. The van der Waals surface area contributed by atoms with Crippen LogP contribution in [-0.4, -0.2) is 21.8 Å². The molecule has 6 nitrogen and oxygen atoms in total. The molecule has 0 saturated carbocycles. The number of nitrogens with one attached hydrogen (secondary N) is 2. The summed E-state index contributed by atoms with van der Waals surface area (Å²) >= 11 is 5.88. The molecule has 0 amide bonds. The lowest BCUT2D eigenvalue weighted by molar-refractivity contribution is 0.174. The normalized spacial score (nSPS) is 13.0. The summed E-state index contributed by atoms with van der Waals surface area (Å²) in [6.45, 7) is 7.24. The van der Waals surface area contributed by atoms with E-state index in [1.807, 2.05) is 60.4 Å². The number of aromatic amines is 1. The van der Waals surface area contributed by atoms with Gasteiger partial charge in [0, 0.05) is 17.5 Å². The molecule has 3 aromatic carbocycles. The van der Waals surface area contributed by atoms with E-state index in [0.717, 1.165) is 44.7 Å². The molecule has 7 heteroatoms. The minimum Gasteiger partial charge on any atom is -0.454 e. The van der Waals surface area contributed by atoms with E-state index in [2.05, 4.69) is 42.3 Å². The molecule has 2 heterocycles. The van der Waals surface area contributed by atoms with Crippen LogP contribution >= 0.6 is 12.2 Å². The van der Waals surface area contributed by atoms with Crippen molar-refractivity contribution < 1.29 is 9.47 Å². The molecule has 2 N–H and O–H groups in total. The quantitative estimate of drug-likeness (QED) is 0.341. The molecule has 0 spiro atoms. The minimum absolute atomic E-state index is 0.0118. The number of H-pyrrole nitrogens is 1. The van der Waals surface area contributed by atoms with E-state index in [1.54, 1.807) is 0 Å². The number of benzene rings is 3. The maximum absolute atomic E-state index is 13.1. The van der Waals surface area contributed by atoms with Crippen LogP contribution < -0.4 is 20.3 Å². The molecule has 0 unspecified atom stereocenters. The highest BCUT2D eigenvalue weighted by atomic mass is 32.1. The first-order chi connectivity index (χ1) is 17.4. The molecule has 36 heavy (non-hydrogen) atoms. The first-order valence-corrected chi connectivity index (χ1v) is 12.4. The van der Waals surface area contributed by atoms with Gasteiger partial charge >= 0.3 is 0 Å². The zero-order valence-electron chi connectivity index (χ0n) is 20.6. The Kier molecular flexibility index (Phi) is 6.65. The number of thiocarbonyl (C=S) groups is 1. The molecule has 0 bridgehead atoms. The van der Waals surface area contributed by atoms with E-state index in [1.165, 1.54) is 0 Å². The molecule has 1 aromatic heterocycles. The van der Waals surface area contributed by atoms with E-state index in [0.29, 0.717) is 23.8 Å². The Labute approximate surface area is 215 Å². The van der Waals surface area contributed by atoms with Crippen LogP contribution in [0.2, 0.25) is 0 Å². The molecule has 5 rings (SSSR count). The fourth-order valence-electron chi connectivity index (χ4n) is 4.50. The molecule has 0 saturated heterocycles. The second kappa shape index (κ2) is 10.0. The predicted molar refractivity (Wildman–Crippen MR) is 146 cm³/mol. The standard InChI is InChI=1S/C29H29N3O3S/c1-18-9-10-19(2)27-24(18)14-23(28(33)31-27)16-32(15-21-11-12-25-26(13-21)35-17-34-25)29(36)30-20(3)22-7-5-4-6-8-22/h4-14,20H,15-17H2,1-3H3,(H,30,36)(H,31,33)/t20-/m1/s1. The fraction of sp³-hybridized carbons (Fsp3) is 0.241. The van der Waals surface area contributed by atoms with Crippen molar-refractivity contribution in [2.45, 2.75) is 39.9 Å². The Balaban J connectivity index is 1.46. The van der Waals surface area contributed by atoms with Gasteiger partial charge in [0.2, 0.25) is 6.79 Å². The minimum atomic E-state index is -0.106. The fourth-order valence-corrected chi connectivity index (χ4v) is 4.81. The molecule has 184 valence electrons. The Morgan fingerprint density at radius 3 is 2.56 bits per heavy atom. The number of hydrogen-bond donors (Lipinski definition) is 2. The van der Waals surface area contributed by atoms with E-state index in [9.17, 15) is 4.79 Å². The van der Waals surface area contributed by atoms with Crippen LogP contribution in [-0.2, 0) is 13.1 Å². The summed E-state index contributed by atoms with van der Waals surface area (Å²) in [4.78, 5) is 18.2. The maximum Gasteiger partial charge on any atom is 0.253 e. The highest BCUT2D eigenvalue weighted by Crippen LogP contribution is 2.33. The smallest absolute Gasteiger partial charge is 0.253 e. The van der Waals surface area contributed by atoms with E-state index < -0.39 is 0 Å². The molecular weight excluding hydrogens is 470 g/mol. The first kappa shape index (κ1) is 23.9. The maximum atomic E-state index is 13.1. The van der Waals surface area contributed by atoms with Gasteiger partial charge in [0.25, 0.3) is 5.56 Å². The zero-order valence-corrected chi connectivity index (χ0v) is 21.4. The predicted octanol–water partition coefficient (Wildman–Crippen LogP) is 5.51. The van der Waals surface area contributed by atoms with Crippen LogP contribution in [0.1, 0.15) is 40.8 Å². The second-order valence-electron chi connectivity index (χ2n) is 9.24. The molecule has 0 radical (unpaired) electrons. The van der Waals surface area contributed by atoms with Crippen LogP contribution in [0, 0.1) is 13.8 Å². The van der Waals surface area contributed by atoms with Crippen molar-refractivity contribution in [3.05, 3.63) is 105 Å². The van der Waals surface area contributed by atoms with Gasteiger partial charge in [-0.1, -0.05) is 48.5 Å². The SMILES string of the molecule is Cc1ccc(C)c2[nH]c(=O)c(CN(Cc3ccc4c(c3)OCO4)C(=S)N[C@H](C)c3ccccc3)cc12. The van der Waals surface area contributed by atoms with Crippen LogP contribution in [0.25, 0.3) is 10.9 Å². The number of ether oxygens (including phenoxy) is 2. The van der Waals surface area contributed by atoms with Gasteiger partial charge < -0.3 is 24.7 Å². The highest BCUT2D eigenvalue weighted by molar-refractivity contribution is 7.80. The highest BCUT2D eigenvalue weighted by Gasteiger charge is 2.19. The van der Waals surface area contributed by atoms with Crippen LogP contribution in [0.3, 0.4) is 0 Å². The number of nitrogens with zero attached hydrogens (tertiary/aromatic N) is 1. The summed E-state index contributed by atoms with van der Waals surface area (Å²) in [5.41, 5.74) is 5.75. The number of hydrogen-bond acceptors (Lipinski definition) is 4. The summed E-state index contributed by atoms with van der Waals surface area (Å²) < 4.78 is 11.0. The van der Waals surface area contributed by atoms with Gasteiger partial charge in [-0.05, 0) is 73.4 Å². The molecular formula is C29H29N3O3S. The van der Waals surface area contributed by atoms with Gasteiger partial charge in [0.15, 0.2) is 16.6 Å². The first-order valence-electron chi connectivity index (χ1n) is 12.0. The topological polar surface area (TPSA) is 66.6 Å². The van der Waals surface area contributed by atoms with Gasteiger partial charge in [-0.15, -0.1) is 0 Å². The summed E-state index contributed by atoms with van der Waals surface area (Å²) in [6, 6.07) is 22.2. The number of aryl methyl sites for hydroxylation is 2. The van der Waals surface area contributed by atoms with Gasteiger partial charge in [-0.2, -0.15) is 0 Å². The van der Waals surface area contributed by atoms with Crippen molar-refractivity contribution in [1.82, 2.24) is 15.2 Å². The van der Waals surface area contributed by atoms with E-state index >= 15 is 0 Å². The zero-order chi connectivity index (χ0) is 25.2. The summed E-state index contributed by atoms with van der Waals surface area (Å²) in [5.74, 6) is 1.46. The van der Waals surface area contributed by atoms with Crippen molar-refractivity contribution >= 4 is 28.2 Å².